The van der Waals surface area contributed by atoms with E-state index in [9.17, 15) is 18.8 Å². The van der Waals surface area contributed by atoms with Gasteiger partial charge in [0.05, 0.1) is 20.1 Å². The maximum Gasteiger partial charge on any atom is 0.410 e. The molecule has 3 rings (SSSR count). The molecule has 0 bridgehead atoms. The molecule has 2 amide bonds. The molecule has 2 aromatic rings. The van der Waals surface area contributed by atoms with Gasteiger partial charge in [0.1, 0.15) is 17.5 Å². The van der Waals surface area contributed by atoms with Gasteiger partial charge in [-0.2, -0.15) is 0 Å². The summed E-state index contributed by atoms with van der Waals surface area (Å²) in [5, 5.41) is 0.742. The van der Waals surface area contributed by atoms with Crippen molar-refractivity contribution in [3.8, 4) is 0 Å². The molecule has 1 aliphatic rings. The number of aromatic amines is 1. The number of carbonyl (C=O) groups excluding carboxylic acids is 3. The minimum absolute atomic E-state index is 0.00752. The van der Waals surface area contributed by atoms with Gasteiger partial charge in [-0.1, -0.05) is 0 Å². The fourth-order valence-corrected chi connectivity index (χ4v) is 3.48. The molecule has 1 N–H and O–H groups in total. The summed E-state index contributed by atoms with van der Waals surface area (Å²) in [6, 6.07) is 3.38. The van der Waals surface area contributed by atoms with Crippen molar-refractivity contribution in [2.24, 2.45) is 0 Å². The fraction of sp³-hybridized carbons (Fsp3) is 0.476. The zero-order valence-corrected chi connectivity index (χ0v) is 17.5. The normalized spacial score (nSPS) is 17.2. The molecule has 162 valence electrons. The van der Waals surface area contributed by atoms with Crippen LogP contribution >= 0.6 is 0 Å². The van der Waals surface area contributed by atoms with E-state index in [0.29, 0.717) is 11.1 Å². The Morgan fingerprint density at radius 2 is 1.97 bits per heavy atom. The van der Waals surface area contributed by atoms with E-state index in [1.807, 2.05) is 0 Å². The monoisotopic (exact) mass is 419 g/mol. The molecule has 1 aromatic carbocycles. The number of aromatic nitrogens is 1. The number of amides is 2. The van der Waals surface area contributed by atoms with Crippen LogP contribution in [0.5, 0.6) is 0 Å². The SMILES string of the molecule is COC(=O)[C@H]1CN(C(=O)OC(C)(C)C)CCN1C(=O)Cc1c[nH]c2cc(F)ccc12. The first-order chi connectivity index (χ1) is 14.1. The van der Waals surface area contributed by atoms with Crippen LogP contribution in [0.15, 0.2) is 24.4 Å². The quantitative estimate of drug-likeness (QED) is 0.772. The topological polar surface area (TPSA) is 91.9 Å². The molecule has 8 nitrogen and oxygen atoms in total. The number of hydrogen-bond acceptors (Lipinski definition) is 5. The Morgan fingerprint density at radius 3 is 2.63 bits per heavy atom. The van der Waals surface area contributed by atoms with Gasteiger partial charge in [0, 0.05) is 30.2 Å². The first-order valence-corrected chi connectivity index (χ1v) is 9.70. The van der Waals surface area contributed by atoms with Crippen molar-refractivity contribution in [3.63, 3.8) is 0 Å². The summed E-state index contributed by atoms with van der Waals surface area (Å²) in [6.07, 6.45) is 1.15. The number of carbonyl (C=O) groups is 3. The lowest BCUT2D eigenvalue weighted by molar-refractivity contribution is -0.155. The first kappa shape index (κ1) is 21.6. The van der Waals surface area contributed by atoms with Crippen molar-refractivity contribution in [2.45, 2.75) is 38.8 Å². The minimum Gasteiger partial charge on any atom is -0.467 e. The molecule has 1 fully saturated rings. The van der Waals surface area contributed by atoms with Gasteiger partial charge in [0.2, 0.25) is 5.91 Å². The minimum atomic E-state index is -0.925. The van der Waals surface area contributed by atoms with E-state index in [-0.39, 0.29) is 37.8 Å². The van der Waals surface area contributed by atoms with Crippen molar-refractivity contribution < 1.29 is 28.2 Å². The van der Waals surface area contributed by atoms with Gasteiger partial charge in [-0.3, -0.25) is 4.79 Å². The number of methoxy groups -OCH3 is 1. The van der Waals surface area contributed by atoms with Crippen molar-refractivity contribution in [3.05, 3.63) is 35.8 Å². The Labute approximate surface area is 173 Å². The van der Waals surface area contributed by atoms with Gasteiger partial charge >= 0.3 is 12.1 Å². The van der Waals surface area contributed by atoms with Crippen LogP contribution in [0.4, 0.5) is 9.18 Å². The van der Waals surface area contributed by atoms with E-state index in [4.69, 9.17) is 9.47 Å². The van der Waals surface area contributed by atoms with Gasteiger partial charge < -0.3 is 24.3 Å². The third-order valence-electron chi connectivity index (χ3n) is 4.90. The van der Waals surface area contributed by atoms with Crippen LogP contribution in [-0.2, 0) is 25.5 Å². The lowest BCUT2D eigenvalue weighted by atomic mass is 10.1. The third kappa shape index (κ3) is 4.72. The first-order valence-electron chi connectivity index (χ1n) is 9.70. The van der Waals surface area contributed by atoms with E-state index in [1.165, 1.54) is 29.0 Å². The second-order valence-corrected chi connectivity index (χ2v) is 8.23. The number of hydrogen-bond donors (Lipinski definition) is 1. The number of esters is 1. The summed E-state index contributed by atoms with van der Waals surface area (Å²) in [4.78, 5) is 43.5. The van der Waals surface area contributed by atoms with Crippen molar-refractivity contribution in [2.75, 3.05) is 26.7 Å². The zero-order valence-electron chi connectivity index (χ0n) is 17.5. The highest BCUT2D eigenvalue weighted by Crippen LogP contribution is 2.22. The van der Waals surface area contributed by atoms with E-state index < -0.39 is 23.7 Å². The maximum absolute atomic E-state index is 13.4. The number of nitrogens with zero attached hydrogens (tertiary/aromatic N) is 2. The summed E-state index contributed by atoms with van der Waals surface area (Å²) >= 11 is 0. The Morgan fingerprint density at radius 1 is 1.23 bits per heavy atom. The van der Waals surface area contributed by atoms with Crippen LogP contribution in [0, 0.1) is 5.82 Å². The summed E-state index contributed by atoms with van der Waals surface area (Å²) < 4.78 is 23.6. The summed E-state index contributed by atoms with van der Waals surface area (Å²) in [6.45, 7) is 5.69. The molecule has 1 aromatic heterocycles. The van der Waals surface area contributed by atoms with Crippen LogP contribution in [0.3, 0.4) is 0 Å². The van der Waals surface area contributed by atoms with Gasteiger partial charge in [-0.15, -0.1) is 0 Å². The second-order valence-electron chi connectivity index (χ2n) is 8.23. The smallest absolute Gasteiger partial charge is 0.410 e. The number of halogens is 1. The molecule has 30 heavy (non-hydrogen) atoms. The van der Waals surface area contributed by atoms with E-state index >= 15 is 0 Å². The number of rotatable bonds is 3. The summed E-state index contributed by atoms with van der Waals surface area (Å²) in [5.74, 6) is -1.25. The Balaban J connectivity index is 1.75. The Kier molecular flexibility index (Phi) is 6.00. The predicted molar refractivity (Wildman–Crippen MR) is 107 cm³/mol. The molecule has 1 aliphatic heterocycles. The highest BCUT2D eigenvalue weighted by atomic mass is 19.1. The molecule has 0 unspecified atom stereocenters. The van der Waals surface area contributed by atoms with E-state index in [1.54, 1.807) is 33.0 Å². The molecule has 0 radical (unpaired) electrons. The number of ether oxygens (including phenoxy) is 2. The molecular formula is C21H26FN3O5. The fourth-order valence-electron chi connectivity index (χ4n) is 3.48. The third-order valence-corrected chi connectivity index (χ3v) is 4.90. The van der Waals surface area contributed by atoms with E-state index in [2.05, 4.69) is 4.98 Å². The number of piperazine rings is 1. The zero-order chi connectivity index (χ0) is 22.1. The summed E-state index contributed by atoms with van der Waals surface area (Å²) in [7, 11) is 1.24. The second kappa shape index (κ2) is 8.33. The van der Waals surface area contributed by atoms with Gasteiger partial charge in [-0.05, 0) is 44.5 Å². The van der Waals surface area contributed by atoms with Crippen LogP contribution in [0.25, 0.3) is 10.9 Å². The molecule has 1 saturated heterocycles. The van der Waals surface area contributed by atoms with Gasteiger partial charge in [-0.25, -0.2) is 14.0 Å². The number of fused-ring (bicyclic) bond motifs is 1. The van der Waals surface area contributed by atoms with E-state index in [0.717, 1.165) is 5.39 Å². The largest absolute Gasteiger partial charge is 0.467 e. The lowest BCUT2D eigenvalue weighted by Crippen LogP contribution is -2.60. The molecule has 9 heteroatoms. The van der Waals surface area contributed by atoms with Crippen LogP contribution in [0.2, 0.25) is 0 Å². The molecule has 0 aliphatic carbocycles. The van der Waals surface area contributed by atoms with Gasteiger partial charge in [0.25, 0.3) is 0 Å². The average molecular weight is 419 g/mol. The molecular weight excluding hydrogens is 393 g/mol. The van der Waals surface area contributed by atoms with Crippen LogP contribution < -0.4 is 0 Å². The number of nitrogens with one attached hydrogen (secondary N) is 1. The van der Waals surface area contributed by atoms with Gasteiger partial charge in [0.15, 0.2) is 0 Å². The molecule has 2 heterocycles. The van der Waals surface area contributed by atoms with Crippen molar-refractivity contribution in [1.82, 2.24) is 14.8 Å². The molecule has 0 saturated carbocycles. The van der Waals surface area contributed by atoms with Crippen molar-refractivity contribution in [1.29, 1.82) is 0 Å². The molecule has 1 atom stereocenters. The highest BCUT2D eigenvalue weighted by molar-refractivity contribution is 5.91. The standard InChI is InChI=1S/C21H26FN3O5/c1-21(2,3)30-20(28)24-7-8-25(17(12-24)19(27)29-4)18(26)9-13-11-23-16-10-14(22)5-6-15(13)16/h5-6,10-11,17,23H,7-9,12H2,1-4H3/t17-/m1/s1. The maximum atomic E-state index is 13.4. The highest BCUT2D eigenvalue weighted by Gasteiger charge is 2.39. The Bertz CT molecular complexity index is 965. The summed E-state index contributed by atoms with van der Waals surface area (Å²) in [5.41, 5.74) is 0.629. The van der Waals surface area contributed by atoms with Crippen LogP contribution in [0.1, 0.15) is 26.3 Å². The average Bonchev–Trinajstić information content (AvgIpc) is 3.07. The lowest BCUT2D eigenvalue weighted by Gasteiger charge is -2.40. The number of benzene rings is 1. The predicted octanol–water partition coefficient (Wildman–Crippen LogP) is 2.47. The molecule has 0 spiro atoms. The number of H-pyrrole nitrogens is 1. The Hall–Kier alpha value is -3.10. The van der Waals surface area contributed by atoms with Crippen LogP contribution in [-0.4, -0.2) is 71.1 Å². The van der Waals surface area contributed by atoms with Crippen molar-refractivity contribution >= 4 is 28.9 Å².